The summed E-state index contributed by atoms with van der Waals surface area (Å²) in [5.41, 5.74) is 1.36. The van der Waals surface area contributed by atoms with Gasteiger partial charge in [0, 0.05) is 28.9 Å². The van der Waals surface area contributed by atoms with Crippen molar-refractivity contribution in [2.45, 2.75) is 13.5 Å². The van der Waals surface area contributed by atoms with E-state index in [0.717, 1.165) is 4.68 Å². The number of aromatic nitrogens is 4. The number of pyridine rings is 2. The molecule has 4 aromatic rings. The van der Waals surface area contributed by atoms with Crippen LogP contribution in [-0.4, -0.2) is 26.4 Å². The zero-order chi connectivity index (χ0) is 20.5. The van der Waals surface area contributed by atoms with Crippen LogP contribution in [0.1, 0.15) is 5.69 Å². The number of benzene rings is 1. The molecule has 0 spiro atoms. The number of ether oxygens (including phenoxy) is 1. The largest absolute Gasteiger partial charge is 0.417 e. The Kier molecular flexibility index (Phi) is 4.71. The van der Waals surface area contributed by atoms with E-state index in [1.807, 2.05) is 0 Å². The molecule has 3 aromatic heterocycles. The maximum Gasteiger partial charge on any atom is 0.388 e. The molecule has 0 unspecified atom stereocenters. The Hall–Kier alpha value is -3.75. The first-order chi connectivity index (χ1) is 13.9. The van der Waals surface area contributed by atoms with E-state index in [1.165, 1.54) is 42.6 Å². The van der Waals surface area contributed by atoms with Gasteiger partial charge in [-0.1, -0.05) is 0 Å². The highest BCUT2D eigenvalue weighted by Crippen LogP contribution is 2.25. The summed E-state index contributed by atoms with van der Waals surface area (Å²) in [7, 11) is 0. The van der Waals surface area contributed by atoms with Crippen molar-refractivity contribution in [2.75, 3.05) is 0 Å². The van der Waals surface area contributed by atoms with Crippen LogP contribution >= 0.6 is 0 Å². The molecule has 0 aliphatic heterocycles. The van der Waals surface area contributed by atoms with Gasteiger partial charge in [-0.3, -0.25) is 4.79 Å². The molecule has 4 rings (SSSR count). The van der Waals surface area contributed by atoms with Gasteiger partial charge in [0.2, 0.25) is 5.88 Å². The number of hydrogen-bond donors (Lipinski definition) is 0. The number of rotatable bonds is 4. The van der Waals surface area contributed by atoms with Crippen LogP contribution in [0.3, 0.4) is 0 Å². The third-order valence-electron chi connectivity index (χ3n) is 4.18. The van der Waals surface area contributed by atoms with Gasteiger partial charge in [0.15, 0.2) is 0 Å². The molecular formula is C20H13F3N4O2. The molecule has 3 heterocycles. The minimum absolute atomic E-state index is 0.146. The molecule has 0 bridgehead atoms. The van der Waals surface area contributed by atoms with E-state index in [-0.39, 0.29) is 17.1 Å². The molecule has 29 heavy (non-hydrogen) atoms. The number of alkyl halides is 2. The van der Waals surface area contributed by atoms with E-state index in [0.29, 0.717) is 22.3 Å². The quantitative estimate of drug-likeness (QED) is 0.522. The van der Waals surface area contributed by atoms with Crippen molar-refractivity contribution >= 4 is 10.9 Å². The van der Waals surface area contributed by atoms with E-state index in [1.54, 1.807) is 19.1 Å². The lowest BCUT2D eigenvalue weighted by molar-refractivity contribution is -0.0528. The van der Waals surface area contributed by atoms with Gasteiger partial charge in [-0.15, -0.1) is 0 Å². The second-order valence-electron chi connectivity index (χ2n) is 6.15. The van der Waals surface area contributed by atoms with Crippen molar-refractivity contribution in [2.24, 2.45) is 0 Å². The van der Waals surface area contributed by atoms with Crippen molar-refractivity contribution < 1.29 is 17.9 Å². The average molecular weight is 398 g/mol. The Morgan fingerprint density at radius 2 is 1.83 bits per heavy atom. The highest BCUT2D eigenvalue weighted by atomic mass is 19.3. The lowest BCUT2D eigenvalue weighted by atomic mass is 10.1. The Bertz CT molecular complexity index is 1260. The Labute approximate surface area is 162 Å². The Balaban J connectivity index is 1.99. The van der Waals surface area contributed by atoms with E-state index >= 15 is 0 Å². The van der Waals surface area contributed by atoms with Crippen LogP contribution in [0.4, 0.5) is 13.2 Å². The standard InChI is InChI=1S/C20H13F3N4O2/c1-11-2-7-15-17(12-3-5-13(21)6-4-12)26-27(19(28)18(15)25-11)14-8-9-24-16(10-14)29-20(22)23/h2-10,20H,1H3. The summed E-state index contributed by atoms with van der Waals surface area (Å²) < 4.78 is 43.7. The fourth-order valence-electron chi connectivity index (χ4n) is 2.89. The average Bonchev–Trinajstić information content (AvgIpc) is 2.69. The summed E-state index contributed by atoms with van der Waals surface area (Å²) in [4.78, 5) is 21.0. The smallest absolute Gasteiger partial charge is 0.388 e. The van der Waals surface area contributed by atoms with Crippen molar-refractivity contribution in [3.63, 3.8) is 0 Å². The molecule has 1 aromatic carbocycles. The third kappa shape index (κ3) is 3.66. The van der Waals surface area contributed by atoms with Gasteiger partial charge >= 0.3 is 6.61 Å². The van der Waals surface area contributed by atoms with Crippen molar-refractivity contribution in [3.05, 3.63) is 76.6 Å². The molecule has 6 nitrogen and oxygen atoms in total. The molecule has 0 atom stereocenters. The maximum atomic E-state index is 13.4. The maximum absolute atomic E-state index is 13.4. The SMILES string of the molecule is Cc1ccc2c(-c3ccc(F)cc3)nn(-c3ccnc(OC(F)F)c3)c(=O)c2n1. The Morgan fingerprint density at radius 3 is 2.55 bits per heavy atom. The molecule has 0 saturated heterocycles. The van der Waals surface area contributed by atoms with E-state index in [2.05, 4.69) is 19.8 Å². The zero-order valence-corrected chi connectivity index (χ0v) is 15.0. The monoisotopic (exact) mass is 398 g/mol. The Morgan fingerprint density at radius 1 is 1.07 bits per heavy atom. The summed E-state index contributed by atoms with van der Waals surface area (Å²) in [5.74, 6) is -0.768. The number of aryl methyl sites for hydroxylation is 1. The molecule has 0 saturated carbocycles. The summed E-state index contributed by atoms with van der Waals surface area (Å²) in [6.45, 7) is -1.32. The van der Waals surface area contributed by atoms with Gasteiger partial charge < -0.3 is 4.74 Å². The number of hydrogen-bond acceptors (Lipinski definition) is 5. The molecule has 9 heteroatoms. The summed E-state index contributed by atoms with van der Waals surface area (Å²) in [6, 6.07) is 11.7. The van der Waals surface area contributed by atoms with Crippen LogP contribution in [0.25, 0.3) is 27.8 Å². The van der Waals surface area contributed by atoms with Crippen LogP contribution in [0, 0.1) is 12.7 Å². The molecule has 146 valence electrons. The van der Waals surface area contributed by atoms with Crippen molar-refractivity contribution in [1.29, 1.82) is 0 Å². The van der Waals surface area contributed by atoms with Crippen LogP contribution in [0.2, 0.25) is 0 Å². The first-order valence-corrected chi connectivity index (χ1v) is 8.50. The van der Waals surface area contributed by atoms with Crippen LogP contribution in [0.5, 0.6) is 5.88 Å². The van der Waals surface area contributed by atoms with Gasteiger partial charge in [0.25, 0.3) is 5.56 Å². The predicted molar refractivity (Wildman–Crippen MR) is 99.7 cm³/mol. The topological polar surface area (TPSA) is 69.9 Å². The van der Waals surface area contributed by atoms with Crippen LogP contribution in [0.15, 0.2) is 59.5 Å². The molecule has 0 aliphatic rings. The molecule has 0 aliphatic carbocycles. The third-order valence-corrected chi connectivity index (χ3v) is 4.18. The van der Waals surface area contributed by atoms with E-state index in [4.69, 9.17) is 0 Å². The molecule has 0 fully saturated rings. The first kappa shape index (κ1) is 18.6. The van der Waals surface area contributed by atoms with E-state index < -0.39 is 18.0 Å². The predicted octanol–water partition coefficient (Wildman–Crippen LogP) is 3.89. The van der Waals surface area contributed by atoms with Crippen molar-refractivity contribution in [3.8, 4) is 22.8 Å². The fourth-order valence-corrected chi connectivity index (χ4v) is 2.89. The first-order valence-electron chi connectivity index (χ1n) is 8.50. The number of fused-ring (bicyclic) bond motifs is 1. The van der Waals surface area contributed by atoms with Crippen LogP contribution in [-0.2, 0) is 0 Å². The molecule has 0 amide bonds. The lowest BCUT2D eigenvalue weighted by Crippen LogP contribution is -2.23. The zero-order valence-electron chi connectivity index (χ0n) is 15.0. The summed E-state index contributed by atoms with van der Waals surface area (Å²) in [6.07, 6.45) is 1.23. The highest BCUT2D eigenvalue weighted by molar-refractivity contribution is 5.91. The van der Waals surface area contributed by atoms with Gasteiger partial charge in [-0.25, -0.2) is 14.4 Å². The second kappa shape index (κ2) is 7.34. The van der Waals surface area contributed by atoms with Gasteiger partial charge in [-0.2, -0.15) is 18.6 Å². The van der Waals surface area contributed by atoms with Crippen LogP contribution < -0.4 is 10.3 Å². The van der Waals surface area contributed by atoms with Gasteiger partial charge in [0.05, 0.1) is 5.69 Å². The molecular weight excluding hydrogens is 385 g/mol. The number of halogens is 3. The van der Waals surface area contributed by atoms with Crippen molar-refractivity contribution in [1.82, 2.24) is 19.7 Å². The molecule has 0 radical (unpaired) electrons. The van der Waals surface area contributed by atoms with Gasteiger partial charge in [-0.05, 0) is 49.4 Å². The minimum Gasteiger partial charge on any atom is -0.417 e. The van der Waals surface area contributed by atoms with E-state index in [9.17, 15) is 18.0 Å². The molecule has 0 N–H and O–H groups in total. The summed E-state index contributed by atoms with van der Waals surface area (Å²) in [5, 5.41) is 4.88. The highest BCUT2D eigenvalue weighted by Gasteiger charge is 2.16. The number of nitrogens with zero attached hydrogens (tertiary/aromatic N) is 4. The fraction of sp³-hybridized carbons (Fsp3) is 0.100. The second-order valence-corrected chi connectivity index (χ2v) is 6.15. The normalized spacial score (nSPS) is 11.2. The lowest BCUT2D eigenvalue weighted by Gasteiger charge is -2.12. The van der Waals surface area contributed by atoms with Gasteiger partial charge in [0.1, 0.15) is 17.0 Å². The summed E-state index contributed by atoms with van der Waals surface area (Å²) >= 11 is 0. The minimum atomic E-state index is -3.06.